The number of urea groups is 1. The lowest BCUT2D eigenvalue weighted by molar-refractivity contribution is 0.0945. The van der Waals surface area contributed by atoms with Gasteiger partial charge in [-0.2, -0.15) is 0 Å². The van der Waals surface area contributed by atoms with Crippen molar-refractivity contribution in [3.63, 3.8) is 0 Å². The molecule has 3 aromatic rings. The van der Waals surface area contributed by atoms with Gasteiger partial charge >= 0.3 is 6.03 Å². The summed E-state index contributed by atoms with van der Waals surface area (Å²) in [5.41, 5.74) is 2.41. The molecule has 30 heavy (non-hydrogen) atoms. The second-order valence-electron chi connectivity index (χ2n) is 7.15. The van der Waals surface area contributed by atoms with E-state index in [0.29, 0.717) is 26.2 Å². The highest BCUT2D eigenvalue weighted by atomic mass is 16.2. The molecule has 3 amide bonds. The van der Waals surface area contributed by atoms with Gasteiger partial charge in [-0.1, -0.05) is 35.5 Å². The number of rotatable bonds is 7. The highest BCUT2D eigenvalue weighted by Gasteiger charge is 2.33. The van der Waals surface area contributed by atoms with E-state index < -0.39 is 0 Å². The van der Waals surface area contributed by atoms with Crippen molar-refractivity contribution in [3.8, 4) is 0 Å². The molecular weight excluding hydrogens is 382 g/mol. The van der Waals surface area contributed by atoms with Crippen LogP contribution in [0.5, 0.6) is 0 Å². The molecule has 1 aliphatic heterocycles. The molecule has 3 heterocycles. The molecule has 9 nitrogen and oxygen atoms in total. The van der Waals surface area contributed by atoms with Crippen LogP contribution >= 0.6 is 0 Å². The van der Waals surface area contributed by atoms with Crippen LogP contribution in [0, 0.1) is 0 Å². The molecule has 154 valence electrons. The van der Waals surface area contributed by atoms with Crippen molar-refractivity contribution in [2.45, 2.75) is 19.0 Å². The van der Waals surface area contributed by atoms with Crippen molar-refractivity contribution in [1.29, 1.82) is 0 Å². The molecule has 2 aromatic heterocycles. The Labute approximate surface area is 174 Å². The molecule has 9 heteroatoms. The fraction of sp³-hybridized carbons (Fsp3) is 0.286. The predicted octanol–water partition coefficient (Wildman–Crippen LogP) is 1.41. The molecule has 0 spiro atoms. The van der Waals surface area contributed by atoms with Crippen LogP contribution < -0.4 is 10.6 Å². The van der Waals surface area contributed by atoms with E-state index in [9.17, 15) is 9.59 Å². The molecule has 4 rings (SSSR count). The predicted molar refractivity (Wildman–Crippen MR) is 110 cm³/mol. The molecule has 1 fully saturated rings. The molecule has 0 unspecified atom stereocenters. The van der Waals surface area contributed by atoms with Gasteiger partial charge in [-0.25, -0.2) is 9.48 Å². The first-order chi connectivity index (χ1) is 14.7. The lowest BCUT2D eigenvalue weighted by Crippen LogP contribution is -2.54. The zero-order valence-electron chi connectivity index (χ0n) is 16.4. The van der Waals surface area contributed by atoms with Crippen LogP contribution in [0.1, 0.15) is 27.7 Å². The quantitative estimate of drug-likeness (QED) is 0.618. The Kier molecular flexibility index (Phi) is 5.98. The first kappa shape index (κ1) is 19.6. The monoisotopic (exact) mass is 405 g/mol. The van der Waals surface area contributed by atoms with E-state index in [1.165, 1.54) is 5.56 Å². The minimum absolute atomic E-state index is 0.0270. The van der Waals surface area contributed by atoms with Crippen LogP contribution in [0.4, 0.5) is 4.79 Å². The fourth-order valence-corrected chi connectivity index (χ4v) is 3.19. The molecule has 0 radical (unpaired) electrons. The van der Waals surface area contributed by atoms with Crippen molar-refractivity contribution in [2.75, 3.05) is 19.6 Å². The van der Waals surface area contributed by atoms with E-state index >= 15 is 0 Å². The SMILES string of the molecule is O=C(NCc1ccncc1)c1cn(C2CN(C(=O)NCCc3ccccc3)C2)nn1. The maximum absolute atomic E-state index is 12.3. The van der Waals surface area contributed by atoms with Crippen LogP contribution in [-0.4, -0.2) is 56.5 Å². The average molecular weight is 405 g/mol. The topological polar surface area (TPSA) is 105 Å². The largest absolute Gasteiger partial charge is 0.347 e. The molecule has 0 atom stereocenters. The Hall–Kier alpha value is -3.75. The minimum Gasteiger partial charge on any atom is -0.347 e. The highest BCUT2D eigenvalue weighted by Crippen LogP contribution is 2.20. The summed E-state index contributed by atoms with van der Waals surface area (Å²) >= 11 is 0. The fourth-order valence-electron chi connectivity index (χ4n) is 3.19. The molecule has 1 saturated heterocycles. The second-order valence-corrected chi connectivity index (χ2v) is 7.15. The standard InChI is InChI=1S/C21H23N7O2/c29-20(24-12-17-6-9-22-10-7-17)19-15-28(26-25-19)18-13-27(14-18)21(30)23-11-8-16-4-2-1-3-5-16/h1-7,9-10,15,18H,8,11-14H2,(H,23,30)(H,24,29). The van der Waals surface area contributed by atoms with Gasteiger partial charge in [-0.3, -0.25) is 9.78 Å². The average Bonchev–Trinajstić information content (AvgIpc) is 3.22. The van der Waals surface area contributed by atoms with Gasteiger partial charge in [-0.05, 0) is 29.7 Å². The van der Waals surface area contributed by atoms with E-state index in [-0.39, 0.29) is 23.7 Å². The van der Waals surface area contributed by atoms with Gasteiger partial charge in [0, 0.05) is 38.6 Å². The third-order valence-corrected chi connectivity index (χ3v) is 5.00. The number of hydrogen-bond acceptors (Lipinski definition) is 5. The summed E-state index contributed by atoms with van der Waals surface area (Å²) in [5.74, 6) is -0.284. The number of nitrogens with zero attached hydrogens (tertiary/aromatic N) is 5. The Morgan fingerprint density at radius 1 is 1.00 bits per heavy atom. The van der Waals surface area contributed by atoms with Gasteiger partial charge in [0.2, 0.25) is 0 Å². The third-order valence-electron chi connectivity index (χ3n) is 5.00. The van der Waals surface area contributed by atoms with E-state index in [0.717, 1.165) is 12.0 Å². The summed E-state index contributed by atoms with van der Waals surface area (Å²) in [5, 5.41) is 13.7. The number of carbonyl (C=O) groups is 2. The van der Waals surface area contributed by atoms with E-state index in [4.69, 9.17) is 0 Å². The van der Waals surface area contributed by atoms with Gasteiger partial charge in [0.1, 0.15) is 0 Å². The smallest absolute Gasteiger partial charge is 0.317 e. The van der Waals surface area contributed by atoms with Crippen LogP contribution in [0.3, 0.4) is 0 Å². The van der Waals surface area contributed by atoms with Crippen LogP contribution in [0.25, 0.3) is 0 Å². The third kappa shape index (κ3) is 4.80. The van der Waals surface area contributed by atoms with Crippen molar-refractivity contribution < 1.29 is 9.59 Å². The summed E-state index contributed by atoms with van der Waals surface area (Å²) in [6.45, 7) is 2.07. The van der Waals surface area contributed by atoms with Crippen molar-refractivity contribution in [3.05, 3.63) is 77.9 Å². The van der Waals surface area contributed by atoms with Gasteiger partial charge in [0.15, 0.2) is 5.69 Å². The normalized spacial score (nSPS) is 13.5. The van der Waals surface area contributed by atoms with Gasteiger partial charge in [-0.15, -0.1) is 5.10 Å². The van der Waals surface area contributed by atoms with Crippen LogP contribution in [-0.2, 0) is 13.0 Å². The van der Waals surface area contributed by atoms with Gasteiger partial charge < -0.3 is 15.5 Å². The van der Waals surface area contributed by atoms with E-state index in [1.807, 2.05) is 42.5 Å². The van der Waals surface area contributed by atoms with E-state index in [1.54, 1.807) is 28.2 Å². The number of nitrogens with one attached hydrogen (secondary N) is 2. The summed E-state index contributed by atoms with van der Waals surface area (Å²) in [4.78, 5) is 30.1. The number of benzene rings is 1. The number of carbonyl (C=O) groups excluding carboxylic acids is 2. The van der Waals surface area contributed by atoms with Gasteiger partial charge in [0.25, 0.3) is 5.91 Å². The lowest BCUT2D eigenvalue weighted by Gasteiger charge is -2.38. The molecular formula is C21H23N7O2. The summed E-state index contributed by atoms with van der Waals surface area (Å²) in [6, 6.07) is 13.7. The van der Waals surface area contributed by atoms with Crippen molar-refractivity contribution >= 4 is 11.9 Å². The Morgan fingerprint density at radius 3 is 2.53 bits per heavy atom. The number of likely N-dealkylation sites (tertiary alicyclic amines) is 1. The molecule has 0 aliphatic carbocycles. The van der Waals surface area contributed by atoms with E-state index in [2.05, 4.69) is 25.9 Å². The van der Waals surface area contributed by atoms with Crippen LogP contribution in [0.15, 0.2) is 61.1 Å². The zero-order chi connectivity index (χ0) is 20.8. The summed E-state index contributed by atoms with van der Waals surface area (Å²) in [6.07, 6.45) is 5.78. The number of hydrogen-bond donors (Lipinski definition) is 2. The highest BCUT2D eigenvalue weighted by molar-refractivity contribution is 5.91. The Balaban J connectivity index is 1.20. The summed E-state index contributed by atoms with van der Waals surface area (Å²) in [7, 11) is 0. The van der Waals surface area contributed by atoms with Gasteiger partial charge in [0.05, 0.1) is 12.2 Å². The molecule has 1 aliphatic rings. The zero-order valence-corrected chi connectivity index (χ0v) is 16.4. The molecule has 0 bridgehead atoms. The Morgan fingerprint density at radius 2 is 1.77 bits per heavy atom. The number of amides is 3. The molecule has 2 N–H and O–H groups in total. The molecule has 1 aromatic carbocycles. The lowest BCUT2D eigenvalue weighted by atomic mass is 10.1. The first-order valence-electron chi connectivity index (χ1n) is 9.84. The maximum atomic E-state index is 12.3. The van der Waals surface area contributed by atoms with Crippen molar-refractivity contribution in [1.82, 2.24) is 35.5 Å². The minimum atomic E-state index is -0.284. The summed E-state index contributed by atoms with van der Waals surface area (Å²) < 4.78 is 1.65. The first-order valence-corrected chi connectivity index (χ1v) is 9.84. The second kappa shape index (κ2) is 9.17. The maximum Gasteiger partial charge on any atom is 0.317 e. The molecule has 0 saturated carbocycles. The Bertz CT molecular complexity index is 985. The number of aromatic nitrogens is 4. The van der Waals surface area contributed by atoms with Crippen molar-refractivity contribution in [2.24, 2.45) is 0 Å². The number of pyridine rings is 1. The van der Waals surface area contributed by atoms with Crippen LogP contribution in [0.2, 0.25) is 0 Å².